The average molecular weight is 337 g/mol. The van der Waals surface area contributed by atoms with Crippen LogP contribution in [0.1, 0.15) is 36.5 Å². The van der Waals surface area contributed by atoms with Crippen molar-refractivity contribution in [1.29, 1.82) is 0 Å². The van der Waals surface area contributed by atoms with E-state index in [4.69, 9.17) is 5.73 Å². The summed E-state index contributed by atoms with van der Waals surface area (Å²) in [5.41, 5.74) is 9.89. The van der Waals surface area contributed by atoms with Gasteiger partial charge in [0.25, 0.3) is 0 Å². The molecule has 0 saturated carbocycles. The van der Waals surface area contributed by atoms with Gasteiger partial charge < -0.3 is 11.1 Å². The lowest BCUT2D eigenvalue weighted by molar-refractivity contribution is 0.254. The Morgan fingerprint density at radius 3 is 2.22 bits per heavy atom. The van der Waals surface area contributed by atoms with Crippen molar-refractivity contribution in [1.82, 2.24) is 4.31 Å². The maximum atomic E-state index is 12.5. The summed E-state index contributed by atoms with van der Waals surface area (Å²) >= 11 is 0. The summed E-state index contributed by atoms with van der Waals surface area (Å²) in [5.74, 6) is 0. The van der Waals surface area contributed by atoms with E-state index in [1.54, 1.807) is 6.08 Å². The molecule has 1 fully saturated rings. The van der Waals surface area contributed by atoms with Crippen molar-refractivity contribution in [2.24, 2.45) is 5.73 Å². The molecule has 128 valence electrons. The van der Waals surface area contributed by atoms with Crippen LogP contribution >= 0.6 is 0 Å². The van der Waals surface area contributed by atoms with Crippen molar-refractivity contribution in [2.75, 3.05) is 25.5 Å². The molecule has 5 nitrogen and oxygen atoms in total. The third-order valence-corrected chi connectivity index (χ3v) is 6.08. The van der Waals surface area contributed by atoms with E-state index in [1.165, 1.54) is 9.71 Å². The first-order valence-electron chi connectivity index (χ1n) is 7.91. The van der Waals surface area contributed by atoms with Crippen LogP contribution in [0.15, 0.2) is 17.5 Å². The van der Waals surface area contributed by atoms with Gasteiger partial charge in [-0.2, -0.15) is 4.31 Å². The predicted molar refractivity (Wildman–Crippen MR) is 96.8 cm³/mol. The number of hydrogen-bond acceptors (Lipinski definition) is 4. The van der Waals surface area contributed by atoms with Crippen LogP contribution in [0.4, 0.5) is 5.69 Å². The van der Waals surface area contributed by atoms with E-state index in [-0.39, 0.29) is 5.54 Å². The Morgan fingerprint density at radius 2 is 1.74 bits per heavy atom. The number of nitrogens with two attached hydrogens (primary N) is 1. The summed E-state index contributed by atoms with van der Waals surface area (Å²) in [6, 6.07) is 4.03. The van der Waals surface area contributed by atoms with E-state index in [9.17, 15) is 8.42 Å². The van der Waals surface area contributed by atoms with Gasteiger partial charge in [0.1, 0.15) is 0 Å². The molecule has 1 aromatic carbocycles. The van der Waals surface area contributed by atoms with Crippen molar-refractivity contribution in [2.45, 2.75) is 39.2 Å². The fourth-order valence-electron chi connectivity index (χ4n) is 2.87. The first kappa shape index (κ1) is 18.0. The van der Waals surface area contributed by atoms with Crippen molar-refractivity contribution in [3.8, 4) is 0 Å². The highest BCUT2D eigenvalue weighted by Crippen LogP contribution is 2.24. The van der Waals surface area contributed by atoms with Crippen molar-refractivity contribution >= 4 is 21.8 Å². The SMILES string of the molecule is CNc1cc(C)c(/C=C/S(=O)(=O)N2CCC(C)(N)CC2)c(C)c1. The average Bonchev–Trinajstić information content (AvgIpc) is 2.45. The second kappa shape index (κ2) is 6.63. The molecule has 0 unspecified atom stereocenters. The maximum absolute atomic E-state index is 12.5. The van der Waals surface area contributed by atoms with Crippen LogP contribution in [0, 0.1) is 13.8 Å². The summed E-state index contributed by atoms with van der Waals surface area (Å²) in [6.45, 7) is 6.91. The van der Waals surface area contributed by atoms with Crippen LogP contribution in [-0.4, -0.2) is 38.4 Å². The molecule has 1 aromatic rings. The molecule has 0 bridgehead atoms. The van der Waals surface area contributed by atoms with Crippen LogP contribution in [0.5, 0.6) is 0 Å². The van der Waals surface area contributed by atoms with Gasteiger partial charge in [-0.25, -0.2) is 8.42 Å². The second-order valence-electron chi connectivity index (χ2n) is 6.67. The summed E-state index contributed by atoms with van der Waals surface area (Å²) in [7, 11) is -1.53. The standard InChI is InChI=1S/C17H27N3O2S/c1-13-11-15(19-4)12-14(2)16(13)5-10-23(21,22)20-8-6-17(3,18)7-9-20/h5,10-12,19H,6-9,18H2,1-4H3/b10-5+. The fourth-order valence-corrected chi connectivity index (χ4v) is 4.05. The molecule has 1 saturated heterocycles. The summed E-state index contributed by atoms with van der Waals surface area (Å²) in [6.07, 6.45) is 3.08. The van der Waals surface area contributed by atoms with Gasteiger partial charge in [0.15, 0.2) is 0 Å². The number of anilines is 1. The number of nitrogens with zero attached hydrogens (tertiary/aromatic N) is 1. The highest BCUT2D eigenvalue weighted by Gasteiger charge is 2.30. The lowest BCUT2D eigenvalue weighted by Crippen LogP contribution is -2.49. The van der Waals surface area contributed by atoms with Gasteiger partial charge in [0, 0.05) is 36.8 Å². The molecule has 1 aliphatic heterocycles. The molecular formula is C17H27N3O2S. The molecule has 6 heteroatoms. The number of sulfonamides is 1. The molecule has 0 radical (unpaired) electrons. The third-order valence-electron chi connectivity index (χ3n) is 4.51. The first-order chi connectivity index (χ1) is 10.6. The van der Waals surface area contributed by atoms with Crippen LogP contribution in [-0.2, 0) is 10.0 Å². The molecule has 1 heterocycles. The van der Waals surface area contributed by atoms with Crippen LogP contribution in [0.25, 0.3) is 6.08 Å². The fraction of sp³-hybridized carbons (Fsp3) is 0.529. The van der Waals surface area contributed by atoms with Crippen LogP contribution in [0.2, 0.25) is 0 Å². The van der Waals surface area contributed by atoms with Crippen molar-refractivity contribution in [3.05, 3.63) is 34.2 Å². The van der Waals surface area contributed by atoms with Gasteiger partial charge in [-0.05, 0) is 68.5 Å². The van der Waals surface area contributed by atoms with E-state index in [0.29, 0.717) is 25.9 Å². The predicted octanol–water partition coefficient (Wildman–Crippen LogP) is 2.46. The largest absolute Gasteiger partial charge is 0.388 e. The van der Waals surface area contributed by atoms with E-state index in [2.05, 4.69) is 5.32 Å². The maximum Gasteiger partial charge on any atom is 0.236 e. The Morgan fingerprint density at radius 1 is 1.22 bits per heavy atom. The van der Waals surface area contributed by atoms with Gasteiger partial charge in [-0.3, -0.25) is 0 Å². The Hall–Kier alpha value is -1.37. The van der Waals surface area contributed by atoms with Crippen LogP contribution in [0.3, 0.4) is 0 Å². The Kier molecular flexibility index (Phi) is 5.18. The lowest BCUT2D eigenvalue weighted by Gasteiger charge is -2.35. The van der Waals surface area contributed by atoms with Gasteiger partial charge in [-0.15, -0.1) is 0 Å². The minimum Gasteiger partial charge on any atom is -0.388 e. The van der Waals surface area contributed by atoms with Gasteiger partial charge in [-0.1, -0.05) is 0 Å². The zero-order valence-corrected chi connectivity index (χ0v) is 15.2. The molecule has 1 aliphatic rings. The summed E-state index contributed by atoms with van der Waals surface area (Å²) in [4.78, 5) is 0. The van der Waals surface area contributed by atoms with Crippen molar-refractivity contribution < 1.29 is 8.42 Å². The zero-order chi connectivity index (χ0) is 17.3. The molecule has 3 N–H and O–H groups in total. The Labute approximate surface area is 139 Å². The summed E-state index contributed by atoms with van der Waals surface area (Å²) in [5, 5.41) is 4.43. The number of benzene rings is 1. The number of rotatable bonds is 4. The molecule has 0 aliphatic carbocycles. The monoisotopic (exact) mass is 337 g/mol. The smallest absolute Gasteiger partial charge is 0.236 e. The molecule has 0 amide bonds. The molecule has 0 spiro atoms. The van der Waals surface area contributed by atoms with E-state index in [0.717, 1.165) is 22.4 Å². The summed E-state index contributed by atoms with van der Waals surface area (Å²) < 4.78 is 26.5. The minimum atomic E-state index is -3.40. The van der Waals surface area contributed by atoms with E-state index >= 15 is 0 Å². The first-order valence-corrected chi connectivity index (χ1v) is 9.41. The second-order valence-corrected chi connectivity index (χ2v) is 8.49. The molecule has 0 atom stereocenters. The molecule has 23 heavy (non-hydrogen) atoms. The number of piperidine rings is 1. The quantitative estimate of drug-likeness (QED) is 0.885. The number of aryl methyl sites for hydroxylation is 2. The van der Waals surface area contributed by atoms with E-state index in [1.807, 2.05) is 40.0 Å². The highest BCUT2D eigenvalue weighted by molar-refractivity contribution is 7.92. The normalized spacial score (nSPS) is 19.2. The highest BCUT2D eigenvalue weighted by atomic mass is 32.2. The lowest BCUT2D eigenvalue weighted by atomic mass is 9.92. The third kappa shape index (κ3) is 4.34. The minimum absolute atomic E-state index is 0.258. The number of nitrogens with one attached hydrogen (secondary N) is 1. The molecular weight excluding hydrogens is 310 g/mol. The zero-order valence-electron chi connectivity index (χ0n) is 14.4. The van der Waals surface area contributed by atoms with Gasteiger partial charge in [0.05, 0.1) is 0 Å². The molecule has 2 rings (SSSR count). The van der Waals surface area contributed by atoms with E-state index < -0.39 is 10.0 Å². The van der Waals surface area contributed by atoms with Gasteiger partial charge in [0.2, 0.25) is 10.0 Å². The molecule has 0 aromatic heterocycles. The van der Waals surface area contributed by atoms with Crippen LogP contribution < -0.4 is 11.1 Å². The Balaban J connectivity index is 2.19. The topological polar surface area (TPSA) is 75.4 Å². The Bertz CT molecular complexity index is 676. The van der Waals surface area contributed by atoms with Gasteiger partial charge >= 0.3 is 0 Å². The number of hydrogen-bond donors (Lipinski definition) is 2. The van der Waals surface area contributed by atoms with Crippen molar-refractivity contribution in [3.63, 3.8) is 0 Å².